The minimum atomic E-state index is -0.534. The van der Waals surface area contributed by atoms with Crippen LogP contribution in [0.25, 0.3) is 10.9 Å². The minimum Gasteiger partial charge on any atom is -0.484 e. The summed E-state index contributed by atoms with van der Waals surface area (Å²) in [4.78, 5) is 21.5. The fraction of sp³-hybridized carbons (Fsp3) is 0.167. The van der Waals surface area contributed by atoms with Gasteiger partial charge in [0.05, 0.1) is 0 Å². The van der Waals surface area contributed by atoms with E-state index in [2.05, 4.69) is 0 Å². The van der Waals surface area contributed by atoms with E-state index in [0.29, 0.717) is 11.3 Å². The quantitative estimate of drug-likeness (QED) is 0.794. The number of ether oxygens (including phenoxy) is 1. The van der Waals surface area contributed by atoms with Crippen LogP contribution in [0.2, 0.25) is 0 Å². The summed E-state index contributed by atoms with van der Waals surface area (Å²) in [5.74, 6) is -0.0145. The highest BCUT2D eigenvalue weighted by atomic mass is 16.5. The summed E-state index contributed by atoms with van der Waals surface area (Å²) in [6, 6.07) is 5.29. The van der Waals surface area contributed by atoms with E-state index >= 15 is 0 Å². The van der Waals surface area contributed by atoms with Gasteiger partial charge in [-0.2, -0.15) is 0 Å². The number of fused-ring (bicyclic) bond motifs is 1. The van der Waals surface area contributed by atoms with Crippen LogP contribution in [0.15, 0.2) is 24.4 Å². The lowest BCUT2D eigenvalue weighted by Gasteiger charge is -2.04. The first-order valence-electron chi connectivity index (χ1n) is 5.07. The Morgan fingerprint density at radius 1 is 1.53 bits per heavy atom. The summed E-state index contributed by atoms with van der Waals surface area (Å²) in [6.07, 6.45) is 2.54. The Bertz CT molecular complexity index is 587. The highest BCUT2D eigenvalue weighted by molar-refractivity contribution is 5.98. The predicted molar refractivity (Wildman–Crippen MR) is 63.0 cm³/mol. The molecule has 88 valence electrons. The first-order valence-corrected chi connectivity index (χ1v) is 5.07. The van der Waals surface area contributed by atoms with E-state index in [-0.39, 0.29) is 6.61 Å². The number of benzene rings is 1. The van der Waals surface area contributed by atoms with Crippen LogP contribution in [0.5, 0.6) is 5.75 Å². The first-order chi connectivity index (χ1) is 8.11. The van der Waals surface area contributed by atoms with Gasteiger partial charge >= 0.3 is 0 Å². The zero-order valence-corrected chi connectivity index (χ0v) is 9.34. The molecule has 5 nitrogen and oxygen atoms in total. The van der Waals surface area contributed by atoms with E-state index in [4.69, 9.17) is 10.5 Å². The number of nitrogens with two attached hydrogens (primary N) is 1. The summed E-state index contributed by atoms with van der Waals surface area (Å²) in [5, 5.41) is 0.796. The maximum Gasteiger partial charge on any atom is 0.255 e. The van der Waals surface area contributed by atoms with Gasteiger partial charge in [0, 0.05) is 29.7 Å². The second kappa shape index (κ2) is 4.29. The van der Waals surface area contributed by atoms with Gasteiger partial charge in [0.15, 0.2) is 12.9 Å². The Morgan fingerprint density at radius 2 is 2.29 bits per heavy atom. The molecule has 1 amide bonds. The Labute approximate surface area is 97.8 Å². The molecule has 2 rings (SSSR count). The number of primary amides is 1. The molecule has 0 aliphatic carbocycles. The van der Waals surface area contributed by atoms with Crippen molar-refractivity contribution in [1.82, 2.24) is 4.57 Å². The molecule has 0 saturated carbocycles. The molecule has 0 aliphatic rings. The van der Waals surface area contributed by atoms with Crippen molar-refractivity contribution < 1.29 is 14.3 Å². The molecule has 2 aromatic rings. The Morgan fingerprint density at radius 3 is 2.94 bits per heavy atom. The average molecular weight is 232 g/mol. The number of carbonyl (C=O) groups excluding carboxylic acids is 2. The molecule has 0 aliphatic heterocycles. The van der Waals surface area contributed by atoms with Gasteiger partial charge in [-0.15, -0.1) is 0 Å². The van der Waals surface area contributed by atoms with E-state index in [0.717, 1.165) is 17.2 Å². The van der Waals surface area contributed by atoms with Crippen molar-refractivity contribution in [2.45, 2.75) is 0 Å². The number of carbonyl (C=O) groups is 2. The van der Waals surface area contributed by atoms with Crippen LogP contribution in [0.4, 0.5) is 0 Å². The normalized spacial score (nSPS) is 10.4. The zero-order chi connectivity index (χ0) is 12.4. The Hall–Kier alpha value is -2.30. The van der Waals surface area contributed by atoms with Gasteiger partial charge in [-0.1, -0.05) is 0 Å². The minimum absolute atomic E-state index is 0.172. The molecular weight excluding hydrogens is 220 g/mol. The zero-order valence-electron chi connectivity index (χ0n) is 9.34. The number of rotatable bonds is 4. The number of hydrogen-bond acceptors (Lipinski definition) is 3. The fourth-order valence-electron chi connectivity index (χ4n) is 1.74. The van der Waals surface area contributed by atoms with Crippen LogP contribution in [-0.2, 0) is 11.8 Å². The van der Waals surface area contributed by atoms with Gasteiger partial charge in [-0.25, -0.2) is 0 Å². The molecule has 5 heteroatoms. The third kappa shape index (κ3) is 2.13. The van der Waals surface area contributed by atoms with Crippen LogP contribution < -0.4 is 10.5 Å². The summed E-state index contributed by atoms with van der Waals surface area (Å²) in [7, 11) is 1.86. The summed E-state index contributed by atoms with van der Waals surface area (Å²) < 4.78 is 7.04. The SMILES string of the molecule is Cn1cc(C=O)c2cc(OCC(N)=O)ccc21. The Balaban J connectivity index is 2.41. The second-order valence-corrected chi connectivity index (χ2v) is 3.75. The maximum absolute atomic E-state index is 10.9. The molecule has 0 fully saturated rings. The summed E-state index contributed by atoms with van der Waals surface area (Å²) >= 11 is 0. The average Bonchev–Trinajstić information content (AvgIpc) is 2.63. The molecule has 0 unspecified atom stereocenters. The van der Waals surface area contributed by atoms with Crippen molar-refractivity contribution in [3.8, 4) is 5.75 Å². The third-order valence-electron chi connectivity index (χ3n) is 2.50. The number of nitrogens with zero attached hydrogens (tertiary/aromatic N) is 1. The molecular formula is C12H12N2O3. The number of amides is 1. The number of aromatic nitrogens is 1. The van der Waals surface area contributed by atoms with Gasteiger partial charge in [0.1, 0.15) is 5.75 Å². The van der Waals surface area contributed by atoms with Crippen molar-refractivity contribution in [2.75, 3.05) is 6.61 Å². The largest absolute Gasteiger partial charge is 0.484 e. The van der Waals surface area contributed by atoms with Gasteiger partial charge < -0.3 is 15.0 Å². The molecule has 17 heavy (non-hydrogen) atoms. The Kier molecular flexibility index (Phi) is 2.82. The standard InChI is InChI=1S/C12H12N2O3/c1-14-5-8(6-15)10-4-9(2-3-11(10)14)17-7-12(13)16/h2-6H,7H2,1H3,(H2,13,16). The predicted octanol–water partition coefficient (Wildman–Crippen LogP) is 0.855. The molecule has 1 aromatic carbocycles. The molecule has 0 radical (unpaired) electrons. The van der Waals surface area contributed by atoms with Gasteiger partial charge in [-0.3, -0.25) is 9.59 Å². The van der Waals surface area contributed by atoms with Crippen LogP contribution in [0.1, 0.15) is 10.4 Å². The van der Waals surface area contributed by atoms with Crippen molar-refractivity contribution in [3.63, 3.8) is 0 Å². The van der Waals surface area contributed by atoms with Gasteiger partial charge in [-0.05, 0) is 18.2 Å². The third-order valence-corrected chi connectivity index (χ3v) is 2.50. The summed E-state index contributed by atoms with van der Waals surface area (Å²) in [5.41, 5.74) is 6.51. The highest BCUT2D eigenvalue weighted by Crippen LogP contribution is 2.24. The monoisotopic (exact) mass is 232 g/mol. The van der Waals surface area contributed by atoms with E-state index < -0.39 is 5.91 Å². The van der Waals surface area contributed by atoms with Crippen molar-refractivity contribution in [3.05, 3.63) is 30.0 Å². The number of aryl methyl sites for hydroxylation is 1. The smallest absolute Gasteiger partial charge is 0.255 e. The van der Waals surface area contributed by atoms with E-state index in [1.165, 1.54) is 0 Å². The van der Waals surface area contributed by atoms with Gasteiger partial charge in [0.25, 0.3) is 5.91 Å². The lowest BCUT2D eigenvalue weighted by Crippen LogP contribution is -2.19. The molecule has 2 N–H and O–H groups in total. The highest BCUT2D eigenvalue weighted by Gasteiger charge is 2.07. The second-order valence-electron chi connectivity index (χ2n) is 3.75. The van der Waals surface area contributed by atoms with Crippen LogP contribution in [0.3, 0.4) is 0 Å². The van der Waals surface area contributed by atoms with Crippen molar-refractivity contribution >= 4 is 23.1 Å². The lowest BCUT2D eigenvalue weighted by atomic mass is 10.2. The topological polar surface area (TPSA) is 74.3 Å². The fourth-order valence-corrected chi connectivity index (χ4v) is 1.74. The molecule has 1 heterocycles. The van der Waals surface area contributed by atoms with E-state index in [9.17, 15) is 9.59 Å². The molecule has 0 spiro atoms. The van der Waals surface area contributed by atoms with E-state index in [1.54, 1.807) is 18.3 Å². The van der Waals surface area contributed by atoms with Crippen LogP contribution in [0, 0.1) is 0 Å². The van der Waals surface area contributed by atoms with Crippen molar-refractivity contribution in [1.29, 1.82) is 0 Å². The number of hydrogen-bond donors (Lipinski definition) is 1. The molecule has 0 saturated heterocycles. The number of aldehydes is 1. The van der Waals surface area contributed by atoms with Crippen LogP contribution >= 0.6 is 0 Å². The van der Waals surface area contributed by atoms with E-state index in [1.807, 2.05) is 17.7 Å². The summed E-state index contributed by atoms with van der Waals surface area (Å²) in [6.45, 7) is -0.172. The molecule has 0 atom stereocenters. The van der Waals surface area contributed by atoms with Gasteiger partial charge in [0.2, 0.25) is 0 Å². The maximum atomic E-state index is 10.9. The first kappa shape index (κ1) is 11.2. The van der Waals surface area contributed by atoms with Crippen LogP contribution in [-0.4, -0.2) is 23.4 Å². The van der Waals surface area contributed by atoms with Crippen molar-refractivity contribution in [2.24, 2.45) is 12.8 Å². The lowest BCUT2D eigenvalue weighted by molar-refractivity contribution is -0.119. The molecule has 0 bridgehead atoms. The molecule has 1 aromatic heterocycles.